The molecule has 1 fully saturated rings. The van der Waals surface area contributed by atoms with E-state index in [9.17, 15) is 8.42 Å². The van der Waals surface area contributed by atoms with E-state index in [1.807, 2.05) is 25.1 Å². The summed E-state index contributed by atoms with van der Waals surface area (Å²) >= 11 is 3.50. The molecule has 2 unspecified atom stereocenters. The van der Waals surface area contributed by atoms with Crippen LogP contribution < -0.4 is 4.72 Å². The van der Waals surface area contributed by atoms with E-state index in [2.05, 4.69) is 27.6 Å². The van der Waals surface area contributed by atoms with Crippen LogP contribution in [0.4, 0.5) is 5.69 Å². The summed E-state index contributed by atoms with van der Waals surface area (Å²) in [5, 5.41) is 0. The van der Waals surface area contributed by atoms with Crippen molar-refractivity contribution in [2.75, 3.05) is 17.8 Å². The van der Waals surface area contributed by atoms with E-state index < -0.39 is 10.2 Å². The molecule has 2 rings (SSSR count). The third-order valence-corrected chi connectivity index (χ3v) is 5.57. The number of hydrogen-bond donors (Lipinski definition) is 1. The van der Waals surface area contributed by atoms with Gasteiger partial charge in [-0.1, -0.05) is 41.1 Å². The van der Waals surface area contributed by atoms with Gasteiger partial charge in [-0.05, 0) is 37.3 Å². The predicted molar refractivity (Wildman–Crippen MR) is 86.3 cm³/mol. The Morgan fingerprint density at radius 1 is 1.40 bits per heavy atom. The highest BCUT2D eigenvalue weighted by Crippen LogP contribution is 2.30. The molecule has 1 heterocycles. The average molecular weight is 361 g/mol. The molecule has 0 amide bonds. The zero-order valence-electron chi connectivity index (χ0n) is 11.8. The summed E-state index contributed by atoms with van der Waals surface area (Å²) in [4.78, 5) is 0.0988. The maximum atomic E-state index is 12.5. The van der Waals surface area contributed by atoms with Crippen LogP contribution in [0.15, 0.2) is 24.3 Å². The standard InChI is InChI=1S/C14H21BrN2O2S/c1-11-6-5-9-17(10-11)20(18,19)16-14-8-4-3-7-13(14)12(2)15/h3-4,7-8,11-12,16H,5-6,9-10H2,1-2H3. The zero-order valence-corrected chi connectivity index (χ0v) is 14.2. The molecule has 0 spiro atoms. The minimum Gasteiger partial charge on any atom is -0.271 e. The molecule has 6 heteroatoms. The predicted octanol–water partition coefficient (Wildman–Crippen LogP) is 3.53. The van der Waals surface area contributed by atoms with Crippen LogP contribution in [0.3, 0.4) is 0 Å². The first-order chi connectivity index (χ1) is 9.40. The Morgan fingerprint density at radius 3 is 2.75 bits per heavy atom. The molecule has 112 valence electrons. The fourth-order valence-electron chi connectivity index (χ4n) is 2.50. The highest BCUT2D eigenvalue weighted by molar-refractivity contribution is 9.09. The molecule has 0 radical (unpaired) electrons. The van der Waals surface area contributed by atoms with Gasteiger partial charge in [0, 0.05) is 17.9 Å². The van der Waals surface area contributed by atoms with Gasteiger partial charge in [-0.15, -0.1) is 0 Å². The molecule has 1 aromatic rings. The summed E-state index contributed by atoms with van der Waals surface area (Å²) in [5.74, 6) is 0.422. The van der Waals surface area contributed by atoms with Crippen molar-refractivity contribution < 1.29 is 8.42 Å². The third-order valence-electron chi connectivity index (χ3n) is 3.59. The van der Waals surface area contributed by atoms with Crippen LogP contribution in [-0.4, -0.2) is 25.8 Å². The Hall–Kier alpha value is -0.590. The lowest BCUT2D eigenvalue weighted by Gasteiger charge is -2.30. The monoisotopic (exact) mass is 360 g/mol. The number of nitrogens with zero attached hydrogens (tertiary/aromatic N) is 1. The second-order valence-electron chi connectivity index (χ2n) is 5.42. The Morgan fingerprint density at radius 2 is 2.10 bits per heavy atom. The van der Waals surface area contributed by atoms with E-state index in [-0.39, 0.29) is 4.83 Å². The number of para-hydroxylation sites is 1. The van der Waals surface area contributed by atoms with Crippen molar-refractivity contribution in [3.63, 3.8) is 0 Å². The summed E-state index contributed by atoms with van der Waals surface area (Å²) in [6.45, 7) is 5.28. The Bertz CT molecular complexity index is 560. The molecule has 2 atom stereocenters. The maximum Gasteiger partial charge on any atom is 0.301 e. The fourth-order valence-corrected chi connectivity index (χ4v) is 4.32. The molecule has 1 aliphatic rings. The first kappa shape index (κ1) is 15.8. The van der Waals surface area contributed by atoms with E-state index in [1.165, 1.54) is 0 Å². The first-order valence-corrected chi connectivity index (χ1v) is 9.26. The van der Waals surface area contributed by atoms with Gasteiger partial charge in [-0.25, -0.2) is 0 Å². The highest BCUT2D eigenvalue weighted by Gasteiger charge is 2.27. The van der Waals surface area contributed by atoms with E-state index in [1.54, 1.807) is 10.4 Å². The number of rotatable bonds is 4. The van der Waals surface area contributed by atoms with Crippen molar-refractivity contribution in [1.29, 1.82) is 0 Å². The van der Waals surface area contributed by atoms with Crippen LogP contribution in [0.5, 0.6) is 0 Å². The number of nitrogens with one attached hydrogen (secondary N) is 1. The minimum atomic E-state index is -3.46. The lowest BCUT2D eigenvalue weighted by atomic mass is 10.0. The molecule has 0 aliphatic carbocycles. The second-order valence-corrected chi connectivity index (χ2v) is 8.46. The molecule has 4 nitrogen and oxygen atoms in total. The van der Waals surface area contributed by atoms with Crippen molar-refractivity contribution in [2.24, 2.45) is 5.92 Å². The normalized spacial score (nSPS) is 22.4. The van der Waals surface area contributed by atoms with Crippen molar-refractivity contribution in [2.45, 2.75) is 31.5 Å². The molecule has 1 aromatic carbocycles. The summed E-state index contributed by atoms with van der Waals surface area (Å²) < 4.78 is 29.2. The van der Waals surface area contributed by atoms with Gasteiger partial charge in [0.15, 0.2) is 0 Å². The topological polar surface area (TPSA) is 49.4 Å². The van der Waals surface area contributed by atoms with Crippen LogP contribution in [-0.2, 0) is 10.2 Å². The van der Waals surface area contributed by atoms with Gasteiger partial charge in [0.25, 0.3) is 0 Å². The van der Waals surface area contributed by atoms with Crippen LogP contribution in [0, 0.1) is 5.92 Å². The second kappa shape index (κ2) is 6.45. The molecule has 1 aliphatic heterocycles. The number of halogens is 1. The molecule has 1 N–H and O–H groups in total. The Labute approximate surface area is 129 Å². The molecule has 20 heavy (non-hydrogen) atoms. The Balaban J connectivity index is 2.20. The van der Waals surface area contributed by atoms with Gasteiger partial charge in [-0.2, -0.15) is 12.7 Å². The molecule has 1 saturated heterocycles. The molecular formula is C14H21BrN2O2S. The zero-order chi connectivity index (χ0) is 14.8. The SMILES string of the molecule is CC1CCCN(S(=O)(=O)Nc2ccccc2C(C)Br)C1. The number of benzene rings is 1. The van der Waals surface area contributed by atoms with Crippen LogP contribution in [0.25, 0.3) is 0 Å². The molecular weight excluding hydrogens is 340 g/mol. The molecule has 0 saturated carbocycles. The van der Waals surface area contributed by atoms with E-state index in [0.717, 1.165) is 18.4 Å². The third kappa shape index (κ3) is 3.74. The van der Waals surface area contributed by atoms with Crippen LogP contribution in [0.2, 0.25) is 0 Å². The van der Waals surface area contributed by atoms with Crippen molar-refractivity contribution in [3.8, 4) is 0 Å². The Kier molecular flexibility index (Phi) is 5.09. The molecule has 0 aromatic heterocycles. The number of alkyl halides is 1. The quantitative estimate of drug-likeness (QED) is 0.834. The van der Waals surface area contributed by atoms with Crippen molar-refractivity contribution in [3.05, 3.63) is 29.8 Å². The van der Waals surface area contributed by atoms with Crippen molar-refractivity contribution >= 4 is 31.8 Å². The lowest BCUT2D eigenvalue weighted by Crippen LogP contribution is -2.42. The lowest BCUT2D eigenvalue weighted by molar-refractivity contribution is 0.282. The average Bonchev–Trinajstić information content (AvgIpc) is 2.38. The van der Waals surface area contributed by atoms with Crippen LogP contribution >= 0.6 is 15.9 Å². The van der Waals surface area contributed by atoms with Gasteiger partial charge in [0.2, 0.25) is 0 Å². The van der Waals surface area contributed by atoms with E-state index in [4.69, 9.17) is 0 Å². The van der Waals surface area contributed by atoms with E-state index in [0.29, 0.717) is 24.7 Å². The summed E-state index contributed by atoms with van der Waals surface area (Å²) in [6.07, 6.45) is 2.03. The van der Waals surface area contributed by atoms with Gasteiger partial charge in [0.05, 0.1) is 5.69 Å². The van der Waals surface area contributed by atoms with Gasteiger partial charge < -0.3 is 0 Å². The van der Waals surface area contributed by atoms with Crippen LogP contribution in [0.1, 0.15) is 37.1 Å². The summed E-state index contributed by atoms with van der Waals surface area (Å²) in [7, 11) is -3.46. The highest BCUT2D eigenvalue weighted by atomic mass is 79.9. The summed E-state index contributed by atoms with van der Waals surface area (Å²) in [5.41, 5.74) is 1.59. The van der Waals surface area contributed by atoms with Gasteiger partial charge >= 0.3 is 10.2 Å². The number of anilines is 1. The maximum absolute atomic E-state index is 12.5. The number of piperidine rings is 1. The minimum absolute atomic E-state index is 0.0988. The van der Waals surface area contributed by atoms with Gasteiger partial charge in [-0.3, -0.25) is 4.72 Å². The van der Waals surface area contributed by atoms with Crippen molar-refractivity contribution in [1.82, 2.24) is 4.31 Å². The summed E-state index contributed by atoms with van der Waals surface area (Å²) in [6, 6.07) is 7.48. The smallest absolute Gasteiger partial charge is 0.271 e. The largest absolute Gasteiger partial charge is 0.301 e. The first-order valence-electron chi connectivity index (χ1n) is 6.91. The van der Waals surface area contributed by atoms with Gasteiger partial charge in [0.1, 0.15) is 0 Å². The van der Waals surface area contributed by atoms with E-state index >= 15 is 0 Å². The fraction of sp³-hybridized carbons (Fsp3) is 0.571. The molecule has 0 bridgehead atoms. The number of hydrogen-bond acceptors (Lipinski definition) is 2.